The molecule has 0 atom stereocenters. The van der Waals surface area contributed by atoms with E-state index >= 15 is 0 Å². The van der Waals surface area contributed by atoms with Crippen molar-refractivity contribution in [2.24, 2.45) is 0 Å². The van der Waals surface area contributed by atoms with Crippen molar-refractivity contribution >= 4 is 27.6 Å². The van der Waals surface area contributed by atoms with Crippen LogP contribution < -0.4 is 11.1 Å². The molecule has 4 aromatic rings. The molecule has 0 bridgehead atoms. The number of hydrogen-bond donors (Lipinski definition) is 2. The molecule has 0 radical (unpaired) electrons. The highest BCUT2D eigenvalue weighted by atomic mass is 16.6. The average Bonchev–Trinajstić information content (AvgIpc) is 2.74. The second kappa shape index (κ2) is 8.11. The zero-order chi connectivity index (χ0) is 22.1. The molecule has 2 heterocycles. The Morgan fingerprint density at radius 3 is 2.48 bits per heavy atom. The van der Waals surface area contributed by atoms with Gasteiger partial charge in [0.1, 0.15) is 0 Å². The van der Waals surface area contributed by atoms with Crippen molar-refractivity contribution < 1.29 is 4.92 Å². The van der Waals surface area contributed by atoms with Gasteiger partial charge in [-0.2, -0.15) is 0 Å². The number of nitrogens with one attached hydrogen (secondary N) is 2. The fraction of sp³-hybridized carbons (Fsp3) is 0.227. The van der Waals surface area contributed by atoms with E-state index in [0.29, 0.717) is 24.2 Å². The van der Waals surface area contributed by atoms with Gasteiger partial charge in [-0.1, -0.05) is 18.2 Å². The van der Waals surface area contributed by atoms with E-state index < -0.39 is 16.0 Å². The first-order valence-electron chi connectivity index (χ1n) is 9.84. The summed E-state index contributed by atoms with van der Waals surface area (Å²) in [6.45, 7) is 4.99. The van der Waals surface area contributed by atoms with Gasteiger partial charge in [0.25, 0.3) is 5.69 Å². The van der Waals surface area contributed by atoms with Crippen LogP contribution in [0.5, 0.6) is 0 Å². The molecule has 0 fully saturated rings. The van der Waals surface area contributed by atoms with Gasteiger partial charge in [-0.3, -0.25) is 29.6 Å². The van der Waals surface area contributed by atoms with Crippen LogP contribution in [-0.4, -0.2) is 30.8 Å². The van der Waals surface area contributed by atoms with E-state index in [1.165, 1.54) is 12.1 Å². The Morgan fingerprint density at radius 2 is 1.74 bits per heavy atom. The minimum absolute atomic E-state index is 0.107. The van der Waals surface area contributed by atoms with Gasteiger partial charge in [0.05, 0.1) is 21.5 Å². The van der Waals surface area contributed by atoms with Crippen LogP contribution in [0.4, 0.5) is 5.69 Å². The molecule has 158 valence electrons. The van der Waals surface area contributed by atoms with E-state index in [2.05, 4.69) is 19.9 Å². The number of nitro benzene ring substituents is 1. The number of fused-ring (bicyclic) bond motifs is 2. The molecule has 2 aromatic heterocycles. The summed E-state index contributed by atoms with van der Waals surface area (Å²) in [5.74, 6) is 0. The molecule has 0 saturated heterocycles. The maximum atomic E-state index is 11.9. The Hall–Kier alpha value is -3.85. The number of aromatic nitrogens is 3. The predicted molar refractivity (Wildman–Crippen MR) is 118 cm³/mol. The predicted octanol–water partition coefficient (Wildman–Crippen LogP) is 3.08. The Labute approximate surface area is 176 Å². The fourth-order valence-electron chi connectivity index (χ4n) is 3.66. The van der Waals surface area contributed by atoms with E-state index in [0.717, 1.165) is 16.5 Å². The van der Waals surface area contributed by atoms with Crippen LogP contribution in [-0.2, 0) is 13.1 Å². The number of non-ortho nitro benzene ring substituents is 1. The van der Waals surface area contributed by atoms with Gasteiger partial charge in [-0.05, 0) is 37.1 Å². The van der Waals surface area contributed by atoms with Gasteiger partial charge in [-0.25, -0.2) is 0 Å². The average molecular weight is 419 g/mol. The molecule has 31 heavy (non-hydrogen) atoms. The molecule has 0 saturated carbocycles. The first-order valence-corrected chi connectivity index (χ1v) is 9.84. The third kappa shape index (κ3) is 4.08. The Morgan fingerprint density at radius 1 is 1.03 bits per heavy atom. The van der Waals surface area contributed by atoms with Gasteiger partial charge in [0.15, 0.2) is 0 Å². The zero-order valence-corrected chi connectivity index (χ0v) is 17.1. The van der Waals surface area contributed by atoms with Crippen molar-refractivity contribution in [3.05, 3.63) is 90.6 Å². The standard InChI is InChI=1S/C22H21N5O4/c1-13(2)26(11-14-7-8-23-18-6-4-3-5-17(14)18)12-15-9-16(27(30)31)10-19-20(15)25-22(29)21(28)24-19/h3-10,13H,11-12H2,1-2H3,(H,24,28)(H,25,29). The summed E-state index contributed by atoms with van der Waals surface area (Å²) in [6.07, 6.45) is 1.77. The lowest BCUT2D eigenvalue weighted by atomic mass is 10.1. The minimum atomic E-state index is -0.845. The fourth-order valence-corrected chi connectivity index (χ4v) is 3.66. The SMILES string of the molecule is CC(C)N(Cc1ccnc2ccccc12)Cc1cc([N+](=O)[O-])cc2[nH]c(=O)c(=O)[nH]c12. The van der Waals surface area contributed by atoms with Crippen LogP contribution in [0.1, 0.15) is 25.0 Å². The second-order valence-electron chi connectivity index (χ2n) is 7.68. The molecule has 0 aliphatic rings. The second-order valence-corrected chi connectivity index (χ2v) is 7.68. The molecule has 9 heteroatoms. The van der Waals surface area contributed by atoms with Gasteiger partial charge in [-0.15, -0.1) is 0 Å². The summed E-state index contributed by atoms with van der Waals surface area (Å²) in [7, 11) is 0. The van der Waals surface area contributed by atoms with Crippen molar-refractivity contribution in [2.75, 3.05) is 0 Å². The smallest absolute Gasteiger partial charge is 0.314 e. The normalized spacial score (nSPS) is 11.6. The Bertz CT molecular complexity index is 1400. The Balaban J connectivity index is 1.79. The number of benzene rings is 2. The topological polar surface area (TPSA) is 125 Å². The maximum absolute atomic E-state index is 11.9. The number of aromatic amines is 2. The summed E-state index contributed by atoms with van der Waals surface area (Å²) in [6, 6.07) is 12.6. The molecule has 0 unspecified atom stereocenters. The van der Waals surface area contributed by atoms with Crippen molar-refractivity contribution in [3.63, 3.8) is 0 Å². The lowest BCUT2D eigenvalue weighted by Gasteiger charge is -2.27. The summed E-state index contributed by atoms with van der Waals surface area (Å²) in [4.78, 5) is 46.1. The first kappa shape index (κ1) is 20.4. The monoisotopic (exact) mass is 419 g/mol. The number of H-pyrrole nitrogens is 2. The highest BCUT2D eigenvalue weighted by Gasteiger charge is 2.19. The van der Waals surface area contributed by atoms with Gasteiger partial charge in [0.2, 0.25) is 0 Å². The Kier molecular flexibility index (Phi) is 5.35. The molecule has 4 rings (SSSR count). The molecule has 0 spiro atoms. The molecule has 0 amide bonds. The summed E-state index contributed by atoms with van der Waals surface area (Å²) in [5.41, 5.74) is 1.37. The van der Waals surface area contributed by atoms with E-state index in [1.54, 1.807) is 6.20 Å². The molecule has 0 aliphatic carbocycles. The van der Waals surface area contributed by atoms with Gasteiger partial charge < -0.3 is 9.97 Å². The zero-order valence-electron chi connectivity index (χ0n) is 17.1. The third-order valence-electron chi connectivity index (χ3n) is 5.33. The highest BCUT2D eigenvalue weighted by Crippen LogP contribution is 2.25. The summed E-state index contributed by atoms with van der Waals surface area (Å²) < 4.78 is 0. The van der Waals surface area contributed by atoms with E-state index in [9.17, 15) is 19.7 Å². The van der Waals surface area contributed by atoms with Crippen molar-refractivity contribution in [3.8, 4) is 0 Å². The van der Waals surface area contributed by atoms with E-state index in [-0.39, 0.29) is 17.2 Å². The third-order valence-corrected chi connectivity index (χ3v) is 5.33. The van der Waals surface area contributed by atoms with Crippen LogP contribution in [0.25, 0.3) is 21.9 Å². The lowest BCUT2D eigenvalue weighted by molar-refractivity contribution is -0.384. The minimum Gasteiger partial charge on any atom is -0.316 e. The molecule has 9 nitrogen and oxygen atoms in total. The van der Waals surface area contributed by atoms with E-state index in [4.69, 9.17) is 0 Å². The van der Waals surface area contributed by atoms with Crippen LogP contribution >= 0.6 is 0 Å². The molecule has 2 aromatic carbocycles. The molecule has 2 N–H and O–H groups in total. The molecule has 0 aliphatic heterocycles. The van der Waals surface area contributed by atoms with Crippen molar-refractivity contribution in [1.82, 2.24) is 19.9 Å². The largest absolute Gasteiger partial charge is 0.316 e. The van der Waals surface area contributed by atoms with Crippen LogP contribution in [0, 0.1) is 10.1 Å². The molecular weight excluding hydrogens is 398 g/mol. The van der Waals surface area contributed by atoms with E-state index in [1.807, 2.05) is 44.2 Å². The first-order chi connectivity index (χ1) is 14.8. The number of nitrogens with zero attached hydrogens (tertiary/aromatic N) is 3. The van der Waals surface area contributed by atoms with Crippen LogP contribution in [0.15, 0.2) is 58.3 Å². The van der Waals surface area contributed by atoms with Gasteiger partial charge in [0, 0.05) is 42.8 Å². The molecular formula is C22H21N5O4. The number of hydrogen-bond acceptors (Lipinski definition) is 6. The van der Waals surface area contributed by atoms with Crippen LogP contribution in [0.2, 0.25) is 0 Å². The quantitative estimate of drug-likeness (QED) is 0.281. The number of nitro groups is 1. The highest BCUT2D eigenvalue weighted by molar-refractivity contribution is 5.82. The van der Waals surface area contributed by atoms with Crippen LogP contribution in [0.3, 0.4) is 0 Å². The van der Waals surface area contributed by atoms with Crippen molar-refractivity contribution in [1.29, 1.82) is 0 Å². The summed E-state index contributed by atoms with van der Waals surface area (Å²) in [5, 5.41) is 12.5. The van der Waals surface area contributed by atoms with Crippen molar-refractivity contribution in [2.45, 2.75) is 33.0 Å². The number of rotatable bonds is 6. The maximum Gasteiger partial charge on any atom is 0.314 e. The summed E-state index contributed by atoms with van der Waals surface area (Å²) >= 11 is 0. The number of pyridine rings is 1. The van der Waals surface area contributed by atoms with Gasteiger partial charge >= 0.3 is 11.1 Å². The lowest BCUT2D eigenvalue weighted by Crippen LogP contribution is -2.32. The number of para-hydroxylation sites is 1.